The summed E-state index contributed by atoms with van der Waals surface area (Å²) in [6.07, 6.45) is 3.37. The van der Waals surface area contributed by atoms with Crippen LogP contribution in [0.3, 0.4) is 0 Å². The van der Waals surface area contributed by atoms with E-state index in [2.05, 4.69) is 35.3 Å². The molecule has 1 amide bonds. The highest BCUT2D eigenvalue weighted by Crippen LogP contribution is 2.28. The average molecular weight is 230 g/mol. The second-order valence-electron chi connectivity index (χ2n) is 5.15. The van der Waals surface area contributed by atoms with Crippen molar-refractivity contribution in [3.8, 4) is 0 Å². The Morgan fingerprint density at radius 1 is 1.47 bits per heavy atom. The number of amides is 1. The van der Waals surface area contributed by atoms with Gasteiger partial charge in [-0.05, 0) is 43.4 Å². The highest BCUT2D eigenvalue weighted by atomic mass is 16.2. The van der Waals surface area contributed by atoms with Gasteiger partial charge in [0.25, 0.3) is 0 Å². The number of carbonyl (C=O) groups excluding carboxylic acids is 1. The minimum atomic E-state index is 0.168. The maximum Gasteiger partial charge on any atom is 0.239 e. The van der Waals surface area contributed by atoms with Crippen LogP contribution in [-0.4, -0.2) is 25.0 Å². The number of nitrogens with one attached hydrogen (secondary N) is 1. The molecule has 0 aromatic heterocycles. The van der Waals surface area contributed by atoms with Gasteiger partial charge in [-0.25, -0.2) is 0 Å². The molecular weight excluding hydrogens is 212 g/mol. The van der Waals surface area contributed by atoms with E-state index in [1.165, 1.54) is 16.8 Å². The van der Waals surface area contributed by atoms with Gasteiger partial charge in [0, 0.05) is 18.3 Å². The molecule has 1 aliphatic heterocycles. The molecule has 17 heavy (non-hydrogen) atoms. The third kappa shape index (κ3) is 2.28. The standard InChI is InChI=1S/C14H18N2O/c1-10-2-3-11-6-7-16(13(11)8-10)9-14(17)15-12-4-5-12/h2-3,8,12H,4-7,9H2,1H3,(H,15,17). The molecule has 3 rings (SSSR count). The van der Waals surface area contributed by atoms with Crippen LogP contribution in [0.1, 0.15) is 24.0 Å². The number of anilines is 1. The lowest BCUT2D eigenvalue weighted by atomic mass is 10.1. The first-order chi connectivity index (χ1) is 8.22. The van der Waals surface area contributed by atoms with Crippen molar-refractivity contribution in [1.82, 2.24) is 5.32 Å². The predicted molar refractivity (Wildman–Crippen MR) is 68.3 cm³/mol. The van der Waals surface area contributed by atoms with E-state index in [1.54, 1.807) is 0 Å². The first-order valence-electron chi connectivity index (χ1n) is 6.36. The molecule has 3 heteroatoms. The van der Waals surface area contributed by atoms with E-state index in [4.69, 9.17) is 0 Å². The Kier molecular flexibility index (Phi) is 2.54. The molecule has 90 valence electrons. The smallest absolute Gasteiger partial charge is 0.239 e. The van der Waals surface area contributed by atoms with E-state index in [0.717, 1.165) is 25.8 Å². The second-order valence-corrected chi connectivity index (χ2v) is 5.15. The first kappa shape index (κ1) is 10.6. The van der Waals surface area contributed by atoms with Crippen molar-refractivity contribution in [1.29, 1.82) is 0 Å². The molecule has 2 aliphatic rings. The lowest BCUT2D eigenvalue weighted by molar-refractivity contribution is -0.119. The molecule has 0 saturated heterocycles. The molecular formula is C14H18N2O. The molecule has 1 fully saturated rings. The number of rotatable bonds is 3. The molecule has 1 aromatic carbocycles. The van der Waals surface area contributed by atoms with E-state index in [1.807, 2.05) is 0 Å². The summed E-state index contributed by atoms with van der Waals surface area (Å²) in [5.41, 5.74) is 3.88. The van der Waals surface area contributed by atoms with Crippen molar-refractivity contribution in [2.24, 2.45) is 0 Å². The van der Waals surface area contributed by atoms with Gasteiger partial charge in [-0.2, -0.15) is 0 Å². The van der Waals surface area contributed by atoms with Gasteiger partial charge in [-0.3, -0.25) is 4.79 Å². The lowest BCUT2D eigenvalue weighted by Crippen LogP contribution is -2.37. The van der Waals surface area contributed by atoms with E-state index in [-0.39, 0.29) is 5.91 Å². The monoisotopic (exact) mass is 230 g/mol. The van der Waals surface area contributed by atoms with Crippen LogP contribution in [0.15, 0.2) is 18.2 Å². The average Bonchev–Trinajstić information content (AvgIpc) is 3.01. The van der Waals surface area contributed by atoms with Gasteiger partial charge < -0.3 is 10.2 Å². The van der Waals surface area contributed by atoms with E-state index in [9.17, 15) is 4.79 Å². The Balaban J connectivity index is 1.69. The quantitative estimate of drug-likeness (QED) is 0.856. The SMILES string of the molecule is Cc1ccc2c(c1)N(CC(=O)NC1CC1)CC2. The second kappa shape index (κ2) is 4.06. The van der Waals surface area contributed by atoms with Crippen LogP contribution in [-0.2, 0) is 11.2 Å². The minimum absolute atomic E-state index is 0.168. The zero-order valence-electron chi connectivity index (χ0n) is 10.2. The fraction of sp³-hybridized carbons (Fsp3) is 0.500. The summed E-state index contributed by atoms with van der Waals surface area (Å²) in [5.74, 6) is 0.168. The fourth-order valence-electron chi connectivity index (χ4n) is 2.39. The van der Waals surface area contributed by atoms with Crippen molar-refractivity contribution in [2.75, 3.05) is 18.0 Å². The van der Waals surface area contributed by atoms with E-state index >= 15 is 0 Å². The third-order valence-electron chi connectivity index (χ3n) is 3.51. The summed E-state index contributed by atoms with van der Waals surface area (Å²) in [5, 5.41) is 3.05. The maximum absolute atomic E-state index is 11.8. The molecule has 1 aliphatic carbocycles. The van der Waals surface area contributed by atoms with Crippen molar-refractivity contribution >= 4 is 11.6 Å². The fourth-order valence-corrected chi connectivity index (χ4v) is 2.39. The molecule has 1 saturated carbocycles. The van der Waals surface area contributed by atoms with Crippen LogP contribution in [0.4, 0.5) is 5.69 Å². The van der Waals surface area contributed by atoms with Crippen LogP contribution >= 0.6 is 0 Å². The first-order valence-corrected chi connectivity index (χ1v) is 6.36. The molecule has 0 radical (unpaired) electrons. The number of aryl methyl sites for hydroxylation is 1. The summed E-state index contributed by atoms with van der Waals surface area (Å²) in [7, 11) is 0. The maximum atomic E-state index is 11.8. The van der Waals surface area contributed by atoms with Gasteiger partial charge in [0.2, 0.25) is 5.91 Å². The molecule has 0 bridgehead atoms. The summed E-state index contributed by atoms with van der Waals surface area (Å²) >= 11 is 0. The predicted octanol–water partition coefficient (Wildman–Crippen LogP) is 1.64. The van der Waals surface area contributed by atoms with Gasteiger partial charge in [0.15, 0.2) is 0 Å². The highest BCUT2D eigenvalue weighted by molar-refractivity contribution is 5.82. The van der Waals surface area contributed by atoms with Crippen molar-refractivity contribution in [3.05, 3.63) is 29.3 Å². The van der Waals surface area contributed by atoms with Crippen molar-refractivity contribution in [3.63, 3.8) is 0 Å². The number of benzene rings is 1. The molecule has 1 heterocycles. The largest absolute Gasteiger partial charge is 0.362 e. The summed E-state index contributed by atoms with van der Waals surface area (Å²) in [6.45, 7) is 3.57. The lowest BCUT2D eigenvalue weighted by Gasteiger charge is -2.19. The number of fused-ring (bicyclic) bond motifs is 1. The van der Waals surface area contributed by atoms with Gasteiger partial charge in [-0.1, -0.05) is 12.1 Å². The Bertz CT molecular complexity index is 452. The molecule has 1 aromatic rings. The van der Waals surface area contributed by atoms with Crippen LogP contribution in [0.2, 0.25) is 0 Å². The van der Waals surface area contributed by atoms with Crippen LogP contribution in [0, 0.1) is 6.92 Å². The molecule has 0 unspecified atom stereocenters. The molecule has 3 nitrogen and oxygen atoms in total. The number of hydrogen-bond acceptors (Lipinski definition) is 2. The van der Waals surface area contributed by atoms with Crippen molar-refractivity contribution < 1.29 is 4.79 Å². The minimum Gasteiger partial charge on any atom is -0.362 e. The third-order valence-corrected chi connectivity index (χ3v) is 3.51. The topological polar surface area (TPSA) is 32.3 Å². The number of carbonyl (C=O) groups is 1. The molecule has 1 N–H and O–H groups in total. The Labute approximate surface area is 102 Å². The Morgan fingerprint density at radius 2 is 2.29 bits per heavy atom. The van der Waals surface area contributed by atoms with Crippen LogP contribution in [0.25, 0.3) is 0 Å². The summed E-state index contributed by atoms with van der Waals surface area (Å²) in [6, 6.07) is 6.98. The summed E-state index contributed by atoms with van der Waals surface area (Å²) in [4.78, 5) is 14.0. The summed E-state index contributed by atoms with van der Waals surface area (Å²) < 4.78 is 0. The zero-order chi connectivity index (χ0) is 11.8. The van der Waals surface area contributed by atoms with Crippen LogP contribution < -0.4 is 10.2 Å². The van der Waals surface area contributed by atoms with Gasteiger partial charge in [0.1, 0.15) is 0 Å². The van der Waals surface area contributed by atoms with Gasteiger partial charge in [-0.15, -0.1) is 0 Å². The van der Waals surface area contributed by atoms with Gasteiger partial charge >= 0.3 is 0 Å². The van der Waals surface area contributed by atoms with Crippen molar-refractivity contribution in [2.45, 2.75) is 32.2 Å². The number of nitrogens with zero attached hydrogens (tertiary/aromatic N) is 1. The Hall–Kier alpha value is -1.51. The van der Waals surface area contributed by atoms with E-state index in [0.29, 0.717) is 12.6 Å². The number of hydrogen-bond donors (Lipinski definition) is 1. The van der Waals surface area contributed by atoms with Crippen LogP contribution in [0.5, 0.6) is 0 Å². The highest BCUT2D eigenvalue weighted by Gasteiger charge is 2.26. The zero-order valence-corrected chi connectivity index (χ0v) is 10.2. The van der Waals surface area contributed by atoms with E-state index < -0.39 is 0 Å². The van der Waals surface area contributed by atoms with Gasteiger partial charge in [0.05, 0.1) is 6.54 Å². The molecule has 0 atom stereocenters. The molecule has 0 spiro atoms. The normalized spacial score (nSPS) is 18.1. The Morgan fingerprint density at radius 3 is 3.06 bits per heavy atom.